The van der Waals surface area contributed by atoms with Crippen LogP contribution in [0.15, 0.2) is 60.8 Å². The molecule has 0 aliphatic carbocycles. The van der Waals surface area contributed by atoms with Gasteiger partial charge in [-0.1, -0.05) is 242 Å². The summed E-state index contributed by atoms with van der Waals surface area (Å²) in [7, 11) is 1.57. The zero-order valence-electron chi connectivity index (χ0n) is 43.9. The number of aliphatic hydroxyl groups is 1. The number of unbranched alkanes of at least 4 members (excludes halogenated alkanes) is 29. The second kappa shape index (κ2) is 48.2. The van der Waals surface area contributed by atoms with Gasteiger partial charge >= 0.3 is 7.82 Å². The highest BCUT2D eigenvalue weighted by molar-refractivity contribution is 7.47. The lowest BCUT2D eigenvalue weighted by atomic mass is 10.0. The second-order valence-electron chi connectivity index (χ2n) is 19.9. The molecule has 3 N–H and O–H groups in total. The quantitative estimate of drug-likeness (QED) is 0.0243. The molecule has 0 fully saturated rings. The highest BCUT2D eigenvalue weighted by atomic mass is 31.2. The first kappa shape index (κ1) is 64.2. The first-order chi connectivity index (χ1) is 32.0. The largest absolute Gasteiger partial charge is 0.472 e. The van der Waals surface area contributed by atoms with Crippen LogP contribution in [0.4, 0.5) is 0 Å². The molecule has 0 aromatic carbocycles. The molecule has 0 spiro atoms. The van der Waals surface area contributed by atoms with E-state index in [1.54, 1.807) is 6.08 Å². The summed E-state index contributed by atoms with van der Waals surface area (Å²) in [6.07, 6.45) is 64.6. The van der Waals surface area contributed by atoms with Gasteiger partial charge in [-0.3, -0.25) is 13.8 Å². The maximum Gasteiger partial charge on any atom is 0.472 e. The Morgan fingerprint density at radius 1 is 0.530 bits per heavy atom. The number of quaternary nitrogens is 1. The molecule has 3 atom stereocenters. The van der Waals surface area contributed by atoms with Crippen LogP contribution in [-0.4, -0.2) is 73.4 Å². The summed E-state index contributed by atoms with van der Waals surface area (Å²) in [6.45, 7) is 4.71. The van der Waals surface area contributed by atoms with Gasteiger partial charge in [-0.25, -0.2) is 4.57 Å². The fraction of sp³-hybridized carbons (Fsp3) is 0.807. The predicted molar refractivity (Wildman–Crippen MR) is 286 cm³/mol. The van der Waals surface area contributed by atoms with Crippen molar-refractivity contribution in [2.24, 2.45) is 0 Å². The summed E-state index contributed by atoms with van der Waals surface area (Å²) in [4.78, 5) is 23.2. The van der Waals surface area contributed by atoms with E-state index < -0.39 is 20.0 Å². The van der Waals surface area contributed by atoms with Crippen LogP contribution in [0.2, 0.25) is 0 Å². The summed E-state index contributed by atoms with van der Waals surface area (Å²) in [5.74, 6) is -0.177. The molecule has 0 saturated carbocycles. The van der Waals surface area contributed by atoms with Gasteiger partial charge < -0.3 is 19.8 Å². The average Bonchev–Trinajstić information content (AvgIpc) is 3.28. The van der Waals surface area contributed by atoms with E-state index in [2.05, 4.69) is 67.8 Å². The van der Waals surface area contributed by atoms with Crippen molar-refractivity contribution in [2.45, 2.75) is 257 Å². The van der Waals surface area contributed by atoms with E-state index in [9.17, 15) is 19.4 Å². The highest BCUT2D eigenvalue weighted by Gasteiger charge is 2.27. The molecule has 9 heteroatoms. The minimum atomic E-state index is -4.34. The molecule has 66 heavy (non-hydrogen) atoms. The van der Waals surface area contributed by atoms with Crippen LogP contribution in [0.5, 0.6) is 0 Å². The van der Waals surface area contributed by atoms with Crippen LogP contribution < -0.4 is 5.32 Å². The zero-order chi connectivity index (χ0) is 48.5. The van der Waals surface area contributed by atoms with Gasteiger partial charge in [-0.15, -0.1) is 0 Å². The number of carbonyl (C=O) groups is 1. The van der Waals surface area contributed by atoms with Crippen molar-refractivity contribution in [2.75, 3.05) is 40.9 Å². The van der Waals surface area contributed by atoms with E-state index in [0.717, 1.165) is 64.2 Å². The molecule has 0 saturated heterocycles. The number of phosphoric acid groups is 1. The molecule has 8 nitrogen and oxygen atoms in total. The minimum Gasteiger partial charge on any atom is -0.387 e. The Kier molecular flexibility index (Phi) is 46.9. The van der Waals surface area contributed by atoms with Gasteiger partial charge in [-0.05, 0) is 57.8 Å². The summed E-state index contributed by atoms with van der Waals surface area (Å²) >= 11 is 0. The van der Waals surface area contributed by atoms with Crippen LogP contribution in [0.1, 0.15) is 245 Å². The SMILES string of the molecule is CC/C=C\C/C=C\C/C=C\C/C=C\CCCCCCCCCCCCCCCCCCCCC(=O)NC(COP(=O)(O)OCC[N+](C)(C)C)C(O)/C=C/CCCCCCCCCCCCC. The smallest absolute Gasteiger partial charge is 0.387 e. The van der Waals surface area contributed by atoms with Gasteiger partial charge in [0.1, 0.15) is 13.2 Å². The predicted octanol–water partition coefficient (Wildman–Crippen LogP) is 16.5. The highest BCUT2D eigenvalue weighted by Crippen LogP contribution is 2.43. The van der Waals surface area contributed by atoms with Gasteiger partial charge in [0.25, 0.3) is 0 Å². The van der Waals surface area contributed by atoms with E-state index in [0.29, 0.717) is 17.4 Å². The van der Waals surface area contributed by atoms with Crippen LogP contribution in [0, 0.1) is 0 Å². The Labute approximate surface area is 409 Å². The number of allylic oxidation sites excluding steroid dienone is 9. The number of nitrogens with zero attached hydrogens (tertiary/aromatic N) is 1. The molecule has 0 aromatic heterocycles. The lowest BCUT2D eigenvalue weighted by Gasteiger charge is -2.25. The molecular weight excluding hydrogens is 840 g/mol. The third-order valence-corrected chi connectivity index (χ3v) is 13.2. The van der Waals surface area contributed by atoms with E-state index in [4.69, 9.17) is 9.05 Å². The van der Waals surface area contributed by atoms with Gasteiger partial charge in [0.2, 0.25) is 5.91 Å². The molecule has 3 unspecified atom stereocenters. The first-order valence-corrected chi connectivity index (χ1v) is 29.2. The summed E-state index contributed by atoms with van der Waals surface area (Å²) in [6, 6.07) is -0.846. The second-order valence-corrected chi connectivity index (χ2v) is 21.4. The fourth-order valence-corrected chi connectivity index (χ4v) is 8.65. The normalized spacial score (nSPS) is 14.5. The molecular formula is C57H108N2O6P+. The number of aliphatic hydroxyl groups excluding tert-OH is 1. The zero-order valence-corrected chi connectivity index (χ0v) is 44.8. The van der Waals surface area contributed by atoms with E-state index in [1.807, 2.05) is 27.2 Å². The van der Waals surface area contributed by atoms with Gasteiger partial charge in [-0.2, -0.15) is 0 Å². The van der Waals surface area contributed by atoms with Gasteiger partial charge in [0.15, 0.2) is 0 Å². The Hall–Kier alpha value is -1.80. The number of likely N-dealkylation sites (N-methyl/N-ethyl adjacent to an activating group) is 1. The summed E-state index contributed by atoms with van der Waals surface area (Å²) < 4.78 is 23.6. The average molecular weight is 948 g/mol. The Bertz CT molecular complexity index is 1260. The van der Waals surface area contributed by atoms with Crippen molar-refractivity contribution in [1.82, 2.24) is 5.32 Å². The topological polar surface area (TPSA) is 105 Å². The van der Waals surface area contributed by atoms with Crippen molar-refractivity contribution in [1.29, 1.82) is 0 Å². The molecule has 0 radical (unpaired) electrons. The van der Waals surface area contributed by atoms with Crippen molar-refractivity contribution in [3.05, 3.63) is 60.8 Å². The van der Waals surface area contributed by atoms with Crippen LogP contribution in [-0.2, 0) is 18.4 Å². The van der Waals surface area contributed by atoms with Gasteiger partial charge in [0, 0.05) is 6.42 Å². The standard InChI is InChI=1S/C57H107N2O6P/c1-6-8-10-12-14-16-18-20-21-22-23-24-25-26-27-28-29-30-31-32-33-34-35-36-37-39-41-43-45-47-49-51-57(61)58-55(54-65-66(62,63)64-53-52-59(3,4)5)56(60)50-48-46-44-42-40-38-19-17-15-13-11-9-7-2/h8,10,14,16,20-21,23-24,48,50,55-56,60H,6-7,9,11-13,15,17-19,22,25-47,49,51-54H2,1-5H3,(H-,58,61,62,63)/p+1/b10-8-,16-14-,21-20-,24-23-,50-48+. The number of hydrogen-bond donors (Lipinski definition) is 3. The fourth-order valence-electron chi connectivity index (χ4n) is 7.92. The molecule has 0 heterocycles. The Balaban J connectivity index is 4.06. The molecule has 0 aromatic rings. The van der Waals surface area contributed by atoms with Crippen molar-refractivity contribution in [3.8, 4) is 0 Å². The number of phosphoric ester groups is 1. The number of nitrogens with one attached hydrogen (secondary N) is 1. The minimum absolute atomic E-state index is 0.0613. The number of hydrogen-bond acceptors (Lipinski definition) is 5. The van der Waals surface area contributed by atoms with Crippen LogP contribution >= 0.6 is 7.82 Å². The Morgan fingerprint density at radius 2 is 0.909 bits per heavy atom. The molecule has 386 valence electrons. The van der Waals surface area contributed by atoms with Crippen molar-refractivity contribution < 1.29 is 32.9 Å². The van der Waals surface area contributed by atoms with E-state index >= 15 is 0 Å². The van der Waals surface area contributed by atoms with E-state index in [-0.39, 0.29) is 19.1 Å². The maximum absolute atomic E-state index is 12.9. The molecule has 0 bridgehead atoms. The number of amides is 1. The van der Waals surface area contributed by atoms with Crippen LogP contribution in [0.3, 0.4) is 0 Å². The third-order valence-electron chi connectivity index (χ3n) is 12.2. The monoisotopic (exact) mass is 948 g/mol. The summed E-state index contributed by atoms with van der Waals surface area (Å²) in [5.41, 5.74) is 0. The molecule has 0 aliphatic heterocycles. The van der Waals surface area contributed by atoms with E-state index in [1.165, 1.54) is 161 Å². The molecule has 0 rings (SSSR count). The Morgan fingerprint density at radius 3 is 1.33 bits per heavy atom. The van der Waals surface area contributed by atoms with Crippen molar-refractivity contribution in [3.63, 3.8) is 0 Å². The molecule has 1 amide bonds. The maximum atomic E-state index is 12.9. The third kappa shape index (κ3) is 50.1. The first-order valence-electron chi connectivity index (χ1n) is 27.7. The number of carbonyl (C=O) groups excluding carboxylic acids is 1. The number of rotatable bonds is 50. The lowest BCUT2D eigenvalue weighted by Crippen LogP contribution is -2.45. The molecule has 0 aliphatic rings. The van der Waals surface area contributed by atoms with Crippen molar-refractivity contribution >= 4 is 13.7 Å². The van der Waals surface area contributed by atoms with Crippen LogP contribution in [0.25, 0.3) is 0 Å². The lowest BCUT2D eigenvalue weighted by molar-refractivity contribution is -0.870. The summed E-state index contributed by atoms with van der Waals surface area (Å²) in [5, 5.41) is 13.9. The van der Waals surface area contributed by atoms with Gasteiger partial charge in [0.05, 0.1) is 39.9 Å².